The molecule has 1 saturated heterocycles. The number of nitrogens with two attached hydrogens (primary N) is 1. The van der Waals surface area contributed by atoms with Gasteiger partial charge in [-0.15, -0.1) is 0 Å². The molecule has 33 heavy (non-hydrogen) atoms. The maximum Gasteiger partial charge on any atom is 0.270 e. The number of amides is 1. The zero-order chi connectivity index (χ0) is 23.4. The summed E-state index contributed by atoms with van der Waals surface area (Å²) in [6.45, 7) is 3.18. The van der Waals surface area contributed by atoms with E-state index in [1.54, 1.807) is 0 Å². The van der Waals surface area contributed by atoms with Gasteiger partial charge >= 0.3 is 0 Å². The molecule has 2 aromatic heterocycles. The van der Waals surface area contributed by atoms with Gasteiger partial charge in [0.05, 0.1) is 11.7 Å². The van der Waals surface area contributed by atoms with E-state index >= 15 is 0 Å². The van der Waals surface area contributed by atoms with Gasteiger partial charge in [0.15, 0.2) is 0 Å². The fourth-order valence-electron chi connectivity index (χ4n) is 3.90. The van der Waals surface area contributed by atoms with Crippen molar-refractivity contribution in [3.63, 3.8) is 0 Å². The van der Waals surface area contributed by atoms with Crippen LogP contribution in [0.25, 0.3) is 10.8 Å². The molecule has 4 rings (SSSR count). The maximum atomic E-state index is 13.4. The Balaban J connectivity index is 1.73. The van der Waals surface area contributed by atoms with Crippen molar-refractivity contribution in [1.82, 2.24) is 20.3 Å². The van der Waals surface area contributed by atoms with Crippen molar-refractivity contribution in [2.45, 2.75) is 36.3 Å². The van der Waals surface area contributed by atoms with Crippen LogP contribution < -0.4 is 16.4 Å². The molecular weight excluding hydrogens is 533 g/mol. The van der Waals surface area contributed by atoms with Crippen LogP contribution in [0.15, 0.2) is 30.6 Å². The highest BCUT2D eigenvalue weighted by molar-refractivity contribution is 14.1. The predicted molar refractivity (Wildman–Crippen MR) is 134 cm³/mol. The molecule has 10 heteroatoms. The number of anilines is 2. The first-order chi connectivity index (χ1) is 16.0. The Morgan fingerprint density at radius 2 is 2.15 bits per heavy atom. The Labute approximate surface area is 205 Å². The van der Waals surface area contributed by atoms with Gasteiger partial charge in [0.1, 0.15) is 35.3 Å². The third-order valence-electron chi connectivity index (χ3n) is 5.66. The number of nitrogens with one attached hydrogen (secondary N) is 2. The molecule has 1 aliphatic rings. The second kappa shape index (κ2) is 10.3. The van der Waals surface area contributed by atoms with Crippen molar-refractivity contribution in [2.75, 3.05) is 24.3 Å². The molecule has 0 unspecified atom stereocenters. The first-order valence-corrected chi connectivity index (χ1v) is 12.2. The molecule has 4 N–H and O–H groups in total. The summed E-state index contributed by atoms with van der Waals surface area (Å²) in [7, 11) is 0. The molecular formula is C23H24IN7O2. The number of hydrogen-bond acceptors (Lipinski definition) is 8. The Kier molecular flexibility index (Phi) is 7.20. The van der Waals surface area contributed by atoms with Crippen LogP contribution in [0.1, 0.15) is 53.1 Å². The molecule has 0 radical (unpaired) electrons. The van der Waals surface area contributed by atoms with Crippen LogP contribution in [-0.4, -0.2) is 40.1 Å². The summed E-state index contributed by atoms with van der Waals surface area (Å²) in [5, 5.41) is 17.5. The van der Waals surface area contributed by atoms with Gasteiger partial charge in [0, 0.05) is 29.1 Å². The SMILES string of the molecule is C[C@H](Nc1ncnc(N)c1C#N)c1cc2cccc(CI)c2c(C(=O)NC2CCOCC2)n1. The van der Waals surface area contributed by atoms with Crippen LogP contribution in [0.5, 0.6) is 0 Å². The summed E-state index contributed by atoms with van der Waals surface area (Å²) in [6.07, 6.45) is 2.87. The Hall–Kier alpha value is -3.04. The lowest BCUT2D eigenvalue weighted by Crippen LogP contribution is -2.39. The normalized spacial score (nSPS) is 15.1. The Bertz CT molecular complexity index is 1220. The van der Waals surface area contributed by atoms with Gasteiger partial charge < -0.3 is 21.1 Å². The lowest BCUT2D eigenvalue weighted by molar-refractivity contribution is 0.0695. The molecule has 1 aliphatic heterocycles. The van der Waals surface area contributed by atoms with E-state index in [0.717, 1.165) is 33.6 Å². The smallest absolute Gasteiger partial charge is 0.270 e. The van der Waals surface area contributed by atoms with Crippen LogP contribution in [0.4, 0.5) is 11.6 Å². The van der Waals surface area contributed by atoms with Crippen LogP contribution >= 0.6 is 22.6 Å². The molecule has 1 fully saturated rings. The fourth-order valence-corrected chi connectivity index (χ4v) is 4.53. The summed E-state index contributed by atoms with van der Waals surface area (Å²) in [5.74, 6) is 0.243. The number of nitriles is 1. The first-order valence-electron chi connectivity index (χ1n) is 10.7. The van der Waals surface area contributed by atoms with E-state index in [4.69, 9.17) is 15.5 Å². The van der Waals surface area contributed by atoms with Crippen LogP contribution in [0.3, 0.4) is 0 Å². The number of hydrogen-bond donors (Lipinski definition) is 3. The number of benzene rings is 1. The fraction of sp³-hybridized carbons (Fsp3) is 0.348. The Morgan fingerprint density at radius 1 is 1.36 bits per heavy atom. The molecule has 9 nitrogen and oxygen atoms in total. The van der Waals surface area contributed by atoms with Crippen LogP contribution in [-0.2, 0) is 9.16 Å². The van der Waals surface area contributed by atoms with Gasteiger partial charge in [-0.25, -0.2) is 15.0 Å². The van der Waals surface area contributed by atoms with Crippen molar-refractivity contribution >= 4 is 50.9 Å². The lowest BCUT2D eigenvalue weighted by atomic mass is 10.0. The third kappa shape index (κ3) is 4.99. The van der Waals surface area contributed by atoms with Crippen molar-refractivity contribution in [1.29, 1.82) is 5.26 Å². The molecule has 3 heterocycles. The molecule has 170 valence electrons. The van der Waals surface area contributed by atoms with Gasteiger partial charge in [-0.3, -0.25) is 4.79 Å². The quantitative estimate of drug-likeness (QED) is 0.309. The number of nitrogens with zero attached hydrogens (tertiary/aromatic N) is 4. The van der Waals surface area contributed by atoms with E-state index in [1.165, 1.54) is 6.33 Å². The van der Waals surface area contributed by atoms with Crippen molar-refractivity contribution in [3.8, 4) is 6.07 Å². The van der Waals surface area contributed by atoms with E-state index in [0.29, 0.717) is 30.4 Å². The van der Waals surface area contributed by atoms with E-state index in [-0.39, 0.29) is 29.4 Å². The lowest BCUT2D eigenvalue weighted by Gasteiger charge is -2.24. The number of aromatic nitrogens is 3. The van der Waals surface area contributed by atoms with Crippen molar-refractivity contribution in [2.24, 2.45) is 0 Å². The number of pyridine rings is 1. The molecule has 0 saturated carbocycles. The number of rotatable bonds is 6. The molecule has 0 spiro atoms. The van der Waals surface area contributed by atoms with E-state index in [9.17, 15) is 10.1 Å². The average molecular weight is 557 g/mol. The standard InChI is InChI=1S/C23H24IN7O2/c1-13(29-22-17(11-25)21(26)27-12-28-22)18-9-14-3-2-4-15(10-24)19(14)20(31-18)23(32)30-16-5-7-33-8-6-16/h2-4,9,12-13,16H,5-8,10H2,1H3,(H,30,32)(H3,26,27,28,29)/t13-/m0/s1. The predicted octanol–water partition coefficient (Wildman–Crippen LogP) is 3.50. The van der Waals surface area contributed by atoms with E-state index < -0.39 is 0 Å². The second-order valence-corrected chi connectivity index (χ2v) is 8.63. The number of ether oxygens (including phenoxy) is 1. The molecule has 1 aromatic carbocycles. The van der Waals surface area contributed by atoms with Gasteiger partial charge in [-0.05, 0) is 36.8 Å². The average Bonchev–Trinajstić information content (AvgIpc) is 2.83. The van der Waals surface area contributed by atoms with Gasteiger partial charge in [-0.1, -0.05) is 40.8 Å². The zero-order valence-electron chi connectivity index (χ0n) is 18.1. The summed E-state index contributed by atoms with van der Waals surface area (Å²) >= 11 is 2.30. The van der Waals surface area contributed by atoms with Crippen molar-refractivity contribution < 1.29 is 9.53 Å². The molecule has 3 aromatic rings. The van der Waals surface area contributed by atoms with Crippen molar-refractivity contribution in [3.05, 3.63) is 53.1 Å². The minimum Gasteiger partial charge on any atom is -0.382 e. The molecule has 0 bridgehead atoms. The molecule has 1 amide bonds. The highest BCUT2D eigenvalue weighted by Gasteiger charge is 2.23. The number of carbonyl (C=O) groups is 1. The van der Waals surface area contributed by atoms with E-state index in [2.05, 4.69) is 43.2 Å². The minimum absolute atomic E-state index is 0.0660. The van der Waals surface area contributed by atoms with Gasteiger partial charge in [0.25, 0.3) is 5.91 Å². The number of fused-ring (bicyclic) bond motifs is 1. The monoisotopic (exact) mass is 557 g/mol. The summed E-state index contributed by atoms with van der Waals surface area (Å²) in [4.78, 5) is 26.2. The molecule has 1 atom stereocenters. The minimum atomic E-state index is -0.339. The highest BCUT2D eigenvalue weighted by atomic mass is 127. The van der Waals surface area contributed by atoms with Crippen LogP contribution in [0, 0.1) is 11.3 Å². The largest absolute Gasteiger partial charge is 0.382 e. The third-order valence-corrected chi connectivity index (χ3v) is 6.49. The Morgan fingerprint density at radius 3 is 2.88 bits per heavy atom. The second-order valence-electron chi connectivity index (χ2n) is 7.87. The number of halogens is 1. The summed E-state index contributed by atoms with van der Waals surface area (Å²) in [6, 6.07) is 9.71. The summed E-state index contributed by atoms with van der Waals surface area (Å²) < 4.78 is 6.17. The number of carbonyl (C=O) groups excluding carboxylic acids is 1. The summed E-state index contributed by atoms with van der Waals surface area (Å²) in [5.41, 5.74) is 8.10. The molecule has 0 aliphatic carbocycles. The first kappa shape index (κ1) is 23.1. The van der Waals surface area contributed by atoms with Gasteiger partial charge in [-0.2, -0.15) is 5.26 Å². The number of alkyl halides is 1. The maximum absolute atomic E-state index is 13.4. The number of nitrogen functional groups attached to an aromatic ring is 1. The topological polar surface area (TPSA) is 139 Å². The highest BCUT2D eigenvalue weighted by Crippen LogP contribution is 2.29. The van der Waals surface area contributed by atoms with Gasteiger partial charge in [0.2, 0.25) is 0 Å². The van der Waals surface area contributed by atoms with E-state index in [1.807, 2.05) is 37.3 Å². The van der Waals surface area contributed by atoms with Crippen LogP contribution in [0.2, 0.25) is 0 Å². The zero-order valence-corrected chi connectivity index (χ0v) is 20.3.